The third-order valence-electron chi connectivity index (χ3n) is 8.55. The first-order valence-electron chi connectivity index (χ1n) is 15.9. The second-order valence-corrected chi connectivity index (χ2v) is 14.3. The lowest BCUT2D eigenvalue weighted by molar-refractivity contribution is -0.0500. The fourth-order valence-electron chi connectivity index (χ4n) is 6.40. The molecule has 10 heteroatoms. The standard InChI is InChI=1S/C41H27F3N2O3S2/c42-41(43,44)51(47,48)49-32-24-25-33-34(26-32)40-35(27-37(33)46(30-18-9-3-10-19-30)31-20-11-4-12-21-31)39-36(22-13-23-38(39)50-40)45(28-14-5-1-6-15-28)29-16-7-2-8-17-29/h1-27H. The van der Waals surface area contributed by atoms with Crippen molar-refractivity contribution in [3.63, 3.8) is 0 Å². The lowest BCUT2D eigenvalue weighted by Crippen LogP contribution is -2.28. The van der Waals surface area contributed by atoms with E-state index in [1.165, 1.54) is 23.5 Å². The fourth-order valence-corrected chi connectivity index (χ4v) is 8.08. The van der Waals surface area contributed by atoms with E-state index in [-0.39, 0.29) is 0 Å². The van der Waals surface area contributed by atoms with E-state index in [0.717, 1.165) is 54.3 Å². The van der Waals surface area contributed by atoms with Crippen molar-refractivity contribution < 1.29 is 25.8 Å². The Kier molecular flexibility index (Phi) is 8.13. The highest BCUT2D eigenvalue weighted by Crippen LogP contribution is 2.50. The van der Waals surface area contributed by atoms with Crippen LogP contribution in [0.5, 0.6) is 5.75 Å². The summed E-state index contributed by atoms with van der Waals surface area (Å²) in [6, 6.07) is 52.0. The van der Waals surface area contributed by atoms with E-state index in [1.54, 1.807) is 6.07 Å². The molecule has 0 radical (unpaired) electrons. The van der Waals surface area contributed by atoms with Crippen LogP contribution < -0.4 is 14.0 Å². The van der Waals surface area contributed by atoms with E-state index in [9.17, 15) is 21.6 Å². The van der Waals surface area contributed by atoms with Crippen LogP contribution in [-0.2, 0) is 10.1 Å². The number of hydrogen-bond acceptors (Lipinski definition) is 6. The van der Waals surface area contributed by atoms with E-state index >= 15 is 0 Å². The first kappa shape index (κ1) is 32.4. The molecule has 0 aliphatic carbocycles. The third kappa shape index (κ3) is 5.92. The van der Waals surface area contributed by atoms with Crippen LogP contribution in [0.25, 0.3) is 30.9 Å². The Morgan fingerprint density at radius 3 is 1.49 bits per heavy atom. The zero-order valence-electron chi connectivity index (χ0n) is 26.7. The van der Waals surface area contributed by atoms with E-state index < -0.39 is 21.4 Å². The molecule has 0 saturated carbocycles. The molecule has 0 atom stereocenters. The van der Waals surface area contributed by atoms with Crippen molar-refractivity contribution in [2.45, 2.75) is 5.51 Å². The Hall–Kier alpha value is -5.84. The van der Waals surface area contributed by atoms with Gasteiger partial charge in [0.15, 0.2) is 0 Å². The number of halogens is 3. The summed E-state index contributed by atoms with van der Waals surface area (Å²) in [7, 11) is -5.90. The molecule has 0 spiro atoms. The summed E-state index contributed by atoms with van der Waals surface area (Å²) in [6.45, 7) is 0. The Labute approximate surface area is 296 Å². The average Bonchev–Trinajstić information content (AvgIpc) is 3.53. The van der Waals surface area contributed by atoms with Crippen molar-refractivity contribution in [3.8, 4) is 5.75 Å². The molecule has 0 N–H and O–H groups in total. The van der Waals surface area contributed by atoms with Gasteiger partial charge < -0.3 is 14.0 Å². The van der Waals surface area contributed by atoms with Crippen LogP contribution in [0.3, 0.4) is 0 Å². The first-order chi connectivity index (χ1) is 24.7. The number of alkyl halides is 3. The van der Waals surface area contributed by atoms with Crippen molar-refractivity contribution in [1.29, 1.82) is 0 Å². The summed E-state index contributed by atoms with van der Waals surface area (Å²) in [6.07, 6.45) is 0. The van der Waals surface area contributed by atoms with Crippen LogP contribution >= 0.6 is 11.3 Å². The normalized spacial score (nSPS) is 12.0. The summed E-state index contributed by atoms with van der Waals surface area (Å²) in [5, 5.41) is 3.02. The van der Waals surface area contributed by atoms with E-state index in [0.29, 0.717) is 10.8 Å². The predicted molar refractivity (Wildman–Crippen MR) is 202 cm³/mol. The van der Waals surface area contributed by atoms with Crippen LogP contribution in [-0.4, -0.2) is 13.9 Å². The van der Waals surface area contributed by atoms with Gasteiger partial charge in [0.1, 0.15) is 5.75 Å². The average molecular weight is 717 g/mol. The van der Waals surface area contributed by atoms with Crippen LogP contribution in [0.1, 0.15) is 0 Å². The molecule has 0 amide bonds. The fraction of sp³-hybridized carbons (Fsp3) is 0.0244. The minimum absolute atomic E-state index is 0.433. The Bertz CT molecular complexity index is 2540. The van der Waals surface area contributed by atoms with Gasteiger partial charge in [-0.25, -0.2) is 0 Å². The van der Waals surface area contributed by atoms with Gasteiger partial charge in [-0.15, -0.1) is 11.3 Å². The van der Waals surface area contributed by atoms with E-state index in [2.05, 4.69) is 26.1 Å². The molecule has 7 aromatic carbocycles. The molecule has 0 aliphatic rings. The van der Waals surface area contributed by atoms with Gasteiger partial charge >= 0.3 is 15.6 Å². The maximum Gasteiger partial charge on any atom is 0.534 e. The van der Waals surface area contributed by atoms with Crippen LogP contribution in [0.2, 0.25) is 0 Å². The maximum absolute atomic E-state index is 13.4. The number of hydrogen-bond donors (Lipinski definition) is 0. The van der Waals surface area contributed by atoms with Crippen molar-refractivity contribution >= 4 is 86.5 Å². The number of fused-ring (bicyclic) bond motifs is 5. The zero-order chi connectivity index (χ0) is 35.2. The number of para-hydroxylation sites is 4. The summed E-state index contributed by atoms with van der Waals surface area (Å²) in [4.78, 5) is 4.27. The Balaban J connectivity index is 1.48. The summed E-state index contributed by atoms with van der Waals surface area (Å²) >= 11 is 1.48. The number of thiophene rings is 1. The number of rotatable bonds is 8. The van der Waals surface area contributed by atoms with Gasteiger partial charge in [-0.2, -0.15) is 21.6 Å². The van der Waals surface area contributed by atoms with E-state index in [4.69, 9.17) is 0 Å². The van der Waals surface area contributed by atoms with Crippen LogP contribution in [0.15, 0.2) is 164 Å². The second kappa shape index (κ2) is 12.8. The van der Waals surface area contributed by atoms with Crippen molar-refractivity contribution in [1.82, 2.24) is 0 Å². The molecule has 0 fully saturated rings. The molecule has 5 nitrogen and oxygen atoms in total. The van der Waals surface area contributed by atoms with Crippen molar-refractivity contribution in [2.75, 3.05) is 9.80 Å². The molecule has 0 unspecified atom stereocenters. The highest BCUT2D eigenvalue weighted by molar-refractivity contribution is 7.88. The van der Waals surface area contributed by atoms with Gasteiger partial charge in [0.2, 0.25) is 0 Å². The van der Waals surface area contributed by atoms with Gasteiger partial charge in [-0.05, 0) is 84.9 Å². The molecule has 1 heterocycles. The molecular formula is C41H27F3N2O3S2. The monoisotopic (exact) mass is 716 g/mol. The van der Waals surface area contributed by atoms with Gasteiger partial charge in [-0.1, -0.05) is 78.9 Å². The molecule has 0 aliphatic heterocycles. The zero-order valence-corrected chi connectivity index (χ0v) is 28.3. The quantitative estimate of drug-likeness (QED) is 0.116. The molecule has 8 rings (SSSR count). The lowest BCUT2D eigenvalue weighted by atomic mass is 10.0. The van der Waals surface area contributed by atoms with Gasteiger partial charge in [0, 0.05) is 53.7 Å². The van der Waals surface area contributed by atoms with Crippen LogP contribution in [0, 0.1) is 0 Å². The maximum atomic E-state index is 13.4. The highest BCUT2D eigenvalue weighted by atomic mass is 32.2. The summed E-state index contributed by atoms with van der Waals surface area (Å²) in [5.41, 5.74) is -0.320. The minimum atomic E-state index is -5.90. The first-order valence-corrected chi connectivity index (χ1v) is 18.2. The summed E-state index contributed by atoms with van der Waals surface area (Å²) < 4.78 is 71.0. The van der Waals surface area contributed by atoms with Gasteiger partial charge in [-0.3, -0.25) is 0 Å². The SMILES string of the molecule is O=S(=O)(Oc1ccc2c(N(c3ccccc3)c3ccccc3)cc3c(sc4cccc(N(c5ccccc5)c5ccccc5)c43)c2c1)C(F)(F)F. The second-order valence-electron chi connectivity index (χ2n) is 11.7. The van der Waals surface area contributed by atoms with E-state index in [1.807, 2.05) is 133 Å². The molecule has 252 valence electrons. The number of anilines is 6. The van der Waals surface area contributed by atoms with Crippen molar-refractivity contribution in [3.05, 3.63) is 164 Å². The van der Waals surface area contributed by atoms with Crippen molar-refractivity contribution in [2.24, 2.45) is 0 Å². The van der Waals surface area contributed by atoms with Gasteiger partial charge in [0.25, 0.3) is 0 Å². The van der Waals surface area contributed by atoms with Crippen LogP contribution in [0.4, 0.5) is 47.3 Å². The van der Waals surface area contributed by atoms with Gasteiger partial charge in [0.05, 0.1) is 11.4 Å². The smallest absolute Gasteiger partial charge is 0.376 e. The Morgan fingerprint density at radius 1 is 0.510 bits per heavy atom. The molecule has 8 aromatic rings. The molecule has 1 aromatic heterocycles. The predicted octanol–water partition coefficient (Wildman–Crippen LogP) is 12.4. The largest absolute Gasteiger partial charge is 0.534 e. The number of benzene rings is 7. The number of nitrogens with zero attached hydrogens (tertiary/aromatic N) is 2. The summed E-state index contributed by atoms with van der Waals surface area (Å²) in [5.74, 6) is -0.433. The minimum Gasteiger partial charge on any atom is -0.376 e. The third-order valence-corrected chi connectivity index (χ3v) is 10.7. The Morgan fingerprint density at radius 2 is 1.00 bits per heavy atom. The highest BCUT2D eigenvalue weighted by Gasteiger charge is 2.48. The topological polar surface area (TPSA) is 49.9 Å². The molecule has 51 heavy (non-hydrogen) atoms. The molecular weight excluding hydrogens is 690 g/mol. The molecule has 0 bridgehead atoms. The lowest BCUT2D eigenvalue weighted by Gasteiger charge is -2.28. The molecule has 0 saturated heterocycles.